The van der Waals surface area contributed by atoms with E-state index in [0.29, 0.717) is 12.8 Å². The van der Waals surface area contributed by atoms with Crippen molar-refractivity contribution in [2.45, 2.75) is 51.5 Å². The molecular formula is C15H22F2N2. The number of hydrogen-bond donors (Lipinski definition) is 2. The van der Waals surface area contributed by atoms with Crippen molar-refractivity contribution in [3.63, 3.8) is 0 Å². The maximum Gasteiger partial charge on any atom is 0.248 e. The predicted molar refractivity (Wildman–Crippen MR) is 72.9 cm³/mol. The Balaban J connectivity index is 2.16. The summed E-state index contributed by atoms with van der Waals surface area (Å²) in [6.45, 7) is 4.08. The highest BCUT2D eigenvalue weighted by atomic mass is 19.3. The second kappa shape index (κ2) is 5.55. The number of nitrogens with two attached hydrogens (primary N) is 1. The van der Waals surface area contributed by atoms with Gasteiger partial charge in [0.15, 0.2) is 0 Å². The summed E-state index contributed by atoms with van der Waals surface area (Å²) >= 11 is 0. The van der Waals surface area contributed by atoms with Crippen LogP contribution in [-0.4, -0.2) is 5.92 Å². The van der Waals surface area contributed by atoms with Crippen LogP contribution in [0, 0.1) is 19.8 Å². The molecule has 0 radical (unpaired) electrons. The maximum absolute atomic E-state index is 13.2. The summed E-state index contributed by atoms with van der Waals surface area (Å²) in [7, 11) is 0. The molecule has 0 aromatic heterocycles. The first-order valence-electron chi connectivity index (χ1n) is 6.83. The van der Waals surface area contributed by atoms with Crippen LogP contribution in [0.5, 0.6) is 0 Å². The van der Waals surface area contributed by atoms with Gasteiger partial charge in [0, 0.05) is 18.9 Å². The molecule has 1 saturated carbocycles. The summed E-state index contributed by atoms with van der Waals surface area (Å²) in [5.74, 6) is 3.36. The smallest absolute Gasteiger partial charge is 0.248 e. The number of rotatable bonds is 3. The lowest BCUT2D eigenvalue weighted by Crippen LogP contribution is -2.37. The van der Waals surface area contributed by atoms with Crippen LogP contribution >= 0.6 is 0 Å². The molecule has 0 aliphatic heterocycles. The van der Waals surface area contributed by atoms with Gasteiger partial charge in [0.2, 0.25) is 5.92 Å². The molecule has 0 bridgehead atoms. The van der Waals surface area contributed by atoms with Crippen molar-refractivity contribution in [1.82, 2.24) is 5.43 Å². The number of halogens is 2. The Bertz CT molecular complexity index is 416. The van der Waals surface area contributed by atoms with E-state index in [1.54, 1.807) is 0 Å². The van der Waals surface area contributed by atoms with E-state index in [9.17, 15) is 8.78 Å². The Morgan fingerprint density at radius 2 is 1.68 bits per heavy atom. The van der Waals surface area contributed by atoms with E-state index >= 15 is 0 Å². The van der Waals surface area contributed by atoms with E-state index in [0.717, 1.165) is 5.56 Å². The molecule has 1 aliphatic carbocycles. The first kappa shape index (κ1) is 14.4. The molecule has 19 heavy (non-hydrogen) atoms. The highest BCUT2D eigenvalue weighted by molar-refractivity contribution is 5.31. The molecule has 1 fully saturated rings. The molecule has 106 valence electrons. The molecule has 0 saturated heterocycles. The summed E-state index contributed by atoms with van der Waals surface area (Å²) in [5, 5.41) is 0. The van der Waals surface area contributed by atoms with Crippen LogP contribution in [0.15, 0.2) is 18.2 Å². The number of alkyl halides is 2. The van der Waals surface area contributed by atoms with E-state index in [1.807, 2.05) is 13.8 Å². The topological polar surface area (TPSA) is 38.0 Å². The fourth-order valence-corrected chi connectivity index (χ4v) is 3.09. The van der Waals surface area contributed by atoms with Crippen LogP contribution in [0.3, 0.4) is 0 Å². The van der Waals surface area contributed by atoms with Gasteiger partial charge in [-0.05, 0) is 38.2 Å². The summed E-state index contributed by atoms with van der Waals surface area (Å²) in [6.07, 6.45) is 0.991. The first-order chi connectivity index (χ1) is 8.91. The minimum Gasteiger partial charge on any atom is -0.271 e. The fourth-order valence-electron chi connectivity index (χ4n) is 3.09. The molecule has 2 rings (SSSR count). The second-order valence-corrected chi connectivity index (χ2v) is 5.76. The summed E-state index contributed by atoms with van der Waals surface area (Å²) < 4.78 is 26.4. The van der Waals surface area contributed by atoms with Gasteiger partial charge in [-0.3, -0.25) is 11.3 Å². The third-order valence-corrected chi connectivity index (χ3v) is 4.02. The Hall–Kier alpha value is -1.00. The minimum absolute atomic E-state index is 0.0271. The molecule has 3 N–H and O–H groups in total. The lowest BCUT2D eigenvalue weighted by molar-refractivity contribution is -0.0497. The van der Waals surface area contributed by atoms with Crippen LogP contribution in [0.4, 0.5) is 8.78 Å². The zero-order valence-corrected chi connectivity index (χ0v) is 11.5. The Kier molecular flexibility index (Phi) is 4.21. The van der Waals surface area contributed by atoms with Crippen molar-refractivity contribution in [3.05, 3.63) is 34.9 Å². The molecule has 1 aromatic rings. The molecule has 0 amide bonds. The van der Waals surface area contributed by atoms with Gasteiger partial charge in [0.05, 0.1) is 0 Å². The van der Waals surface area contributed by atoms with E-state index in [2.05, 4.69) is 23.6 Å². The average Bonchev–Trinajstić information content (AvgIpc) is 2.31. The quantitative estimate of drug-likeness (QED) is 0.649. The SMILES string of the molecule is Cc1cc(C)cc(C(NN)C2CCC(F)(F)CC2)c1. The van der Waals surface area contributed by atoms with Crippen LogP contribution in [0.1, 0.15) is 48.4 Å². The maximum atomic E-state index is 13.2. The first-order valence-corrected chi connectivity index (χ1v) is 6.83. The number of hydrogen-bond acceptors (Lipinski definition) is 2. The van der Waals surface area contributed by atoms with Crippen LogP contribution in [0.25, 0.3) is 0 Å². The van der Waals surface area contributed by atoms with Gasteiger partial charge >= 0.3 is 0 Å². The Labute approximate surface area is 113 Å². The summed E-state index contributed by atoms with van der Waals surface area (Å²) in [5.41, 5.74) is 6.29. The van der Waals surface area contributed by atoms with Gasteiger partial charge in [0.1, 0.15) is 0 Å². The van der Waals surface area contributed by atoms with Crippen LogP contribution < -0.4 is 11.3 Å². The van der Waals surface area contributed by atoms with Crippen molar-refractivity contribution in [2.75, 3.05) is 0 Å². The van der Waals surface area contributed by atoms with Crippen LogP contribution in [0.2, 0.25) is 0 Å². The molecular weight excluding hydrogens is 246 g/mol. The van der Waals surface area contributed by atoms with Crippen molar-refractivity contribution in [3.8, 4) is 0 Å². The summed E-state index contributed by atoms with van der Waals surface area (Å²) in [4.78, 5) is 0. The van der Waals surface area contributed by atoms with Crippen molar-refractivity contribution >= 4 is 0 Å². The number of benzene rings is 1. The zero-order valence-electron chi connectivity index (χ0n) is 11.5. The Morgan fingerprint density at radius 3 is 2.16 bits per heavy atom. The normalized spacial score (nSPS) is 21.3. The molecule has 0 heterocycles. The van der Waals surface area contributed by atoms with E-state index in [-0.39, 0.29) is 24.8 Å². The predicted octanol–water partition coefficient (Wildman–Crippen LogP) is 3.63. The molecule has 1 aliphatic rings. The number of nitrogens with one attached hydrogen (secondary N) is 1. The lowest BCUT2D eigenvalue weighted by atomic mass is 9.79. The van der Waals surface area contributed by atoms with Crippen molar-refractivity contribution in [2.24, 2.45) is 11.8 Å². The van der Waals surface area contributed by atoms with Crippen molar-refractivity contribution in [1.29, 1.82) is 0 Å². The highest BCUT2D eigenvalue weighted by Crippen LogP contribution is 2.41. The largest absolute Gasteiger partial charge is 0.271 e. The second-order valence-electron chi connectivity index (χ2n) is 5.76. The van der Waals surface area contributed by atoms with Gasteiger partial charge in [-0.15, -0.1) is 0 Å². The molecule has 4 heteroatoms. The monoisotopic (exact) mass is 268 g/mol. The standard InChI is InChI=1S/C15H22F2N2/c1-10-7-11(2)9-13(8-10)14(19-18)12-3-5-15(16,17)6-4-12/h7-9,12,14,19H,3-6,18H2,1-2H3. The summed E-state index contributed by atoms with van der Waals surface area (Å²) in [6, 6.07) is 6.25. The molecule has 0 spiro atoms. The van der Waals surface area contributed by atoms with Crippen LogP contribution in [-0.2, 0) is 0 Å². The Morgan fingerprint density at radius 1 is 1.16 bits per heavy atom. The third kappa shape index (κ3) is 3.51. The van der Waals surface area contributed by atoms with Gasteiger partial charge in [-0.2, -0.15) is 0 Å². The molecule has 1 aromatic carbocycles. The van der Waals surface area contributed by atoms with E-state index in [4.69, 9.17) is 5.84 Å². The van der Waals surface area contributed by atoms with E-state index in [1.165, 1.54) is 11.1 Å². The molecule has 2 nitrogen and oxygen atoms in total. The molecule has 1 atom stereocenters. The van der Waals surface area contributed by atoms with Gasteiger partial charge in [-0.1, -0.05) is 29.3 Å². The van der Waals surface area contributed by atoms with E-state index < -0.39 is 5.92 Å². The number of aryl methyl sites for hydroxylation is 2. The average molecular weight is 268 g/mol. The van der Waals surface area contributed by atoms with Gasteiger partial charge in [0.25, 0.3) is 0 Å². The minimum atomic E-state index is -2.49. The number of hydrazine groups is 1. The molecule has 1 unspecified atom stereocenters. The fraction of sp³-hybridized carbons (Fsp3) is 0.600. The van der Waals surface area contributed by atoms with Crippen molar-refractivity contribution < 1.29 is 8.78 Å². The van der Waals surface area contributed by atoms with Gasteiger partial charge < -0.3 is 0 Å². The highest BCUT2D eigenvalue weighted by Gasteiger charge is 2.37. The van der Waals surface area contributed by atoms with Gasteiger partial charge in [-0.25, -0.2) is 8.78 Å². The third-order valence-electron chi connectivity index (χ3n) is 4.02. The lowest BCUT2D eigenvalue weighted by Gasteiger charge is -2.33. The zero-order chi connectivity index (χ0) is 14.0.